The van der Waals surface area contributed by atoms with Crippen LogP contribution >= 0.6 is 15.9 Å². The molecule has 0 bridgehead atoms. The Morgan fingerprint density at radius 2 is 1.81 bits per heavy atom. The van der Waals surface area contributed by atoms with Crippen molar-refractivity contribution in [1.82, 2.24) is 4.72 Å². The van der Waals surface area contributed by atoms with Crippen LogP contribution in [0.4, 0.5) is 4.39 Å². The van der Waals surface area contributed by atoms with Gasteiger partial charge in [0.25, 0.3) is 0 Å². The van der Waals surface area contributed by atoms with Gasteiger partial charge in [-0.15, -0.1) is 0 Å². The second-order valence-corrected chi connectivity index (χ2v) is 7.01. The average molecular weight is 374 g/mol. The highest BCUT2D eigenvalue weighted by Gasteiger charge is 2.15. The molecule has 2 rings (SSSR count). The Hall–Kier alpha value is -1.44. The normalized spacial score (nSPS) is 11.5. The van der Waals surface area contributed by atoms with Crippen molar-refractivity contribution in [2.75, 3.05) is 6.54 Å². The first-order valence-corrected chi connectivity index (χ1v) is 8.39. The van der Waals surface area contributed by atoms with Crippen molar-refractivity contribution in [1.29, 1.82) is 0 Å². The van der Waals surface area contributed by atoms with E-state index < -0.39 is 15.8 Å². The highest BCUT2D eigenvalue weighted by atomic mass is 79.9. The van der Waals surface area contributed by atoms with E-state index in [1.807, 2.05) is 0 Å². The van der Waals surface area contributed by atoms with Crippen LogP contribution in [0.2, 0.25) is 0 Å². The number of nitrogens with one attached hydrogen (secondary N) is 1. The third kappa shape index (κ3) is 4.26. The number of sulfonamides is 1. The second kappa shape index (κ2) is 6.55. The summed E-state index contributed by atoms with van der Waals surface area (Å²) in [6.45, 7) is 0.185. The predicted octanol–water partition coefficient (Wildman–Crippen LogP) is 2.81. The van der Waals surface area contributed by atoms with Gasteiger partial charge in [-0.1, -0.05) is 12.1 Å². The number of rotatable bonds is 5. The summed E-state index contributed by atoms with van der Waals surface area (Å²) in [5.74, 6) is -0.471. The van der Waals surface area contributed by atoms with Crippen molar-refractivity contribution >= 4 is 26.0 Å². The largest absolute Gasteiger partial charge is 0.508 e. The van der Waals surface area contributed by atoms with Gasteiger partial charge in [-0.2, -0.15) is 0 Å². The lowest BCUT2D eigenvalue weighted by Crippen LogP contribution is -2.26. The minimum absolute atomic E-state index is 0.117. The van der Waals surface area contributed by atoms with Gasteiger partial charge in [0.2, 0.25) is 10.0 Å². The summed E-state index contributed by atoms with van der Waals surface area (Å²) < 4.78 is 40.0. The molecule has 0 aliphatic heterocycles. The highest BCUT2D eigenvalue weighted by molar-refractivity contribution is 9.10. The predicted molar refractivity (Wildman–Crippen MR) is 81.1 cm³/mol. The summed E-state index contributed by atoms with van der Waals surface area (Å²) in [6, 6.07) is 10.1. The van der Waals surface area contributed by atoms with Crippen molar-refractivity contribution in [2.45, 2.75) is 11.3 Å². The molecule has 7 heteroatoms. The van der Waals surface area contributed by atoms with Crippen molar-refractivity contribution in [3.05, 3.63) is 58.3 Å². The molecular formula is C14H13BrFNO3S. The van der Waals surface area contributed by atoms with Crippen LogP contribution in [0, 0.1) is 5.82 Å². The Bertz CT molecular complexity index is 732. The number of benzene rings is 2. The van der Waals surface area contributed by atoms with E-state index in [9.17, 15) is 12.8 Å². The van der Waals surface area contributed by atoms with Gasteiger partial charge >= 0.3 is 0 Å². The summed E-state index contributed by atoms with van der Waals surface area (Å²) in [5.41, 5.74) is 0.887. The number of hydrogen-bond donors (Lipinski definition) is 2. The lowest BCUT2D eigenvalue weighted by Gasteiger charge is -2.07. The van der Waals surface area contributed by atoms with E-state index in [-0.39, 0.29) is 21.7 Å². The minimum atomic E-state index is -3.74. The van der Waals surface area contributed by atoms with Gasteiger partial charge in [-0.05, 0) is 58.2 Å². The molecule has 0 aliphatic rings. The topological polar surface area (TPSA) is 66.4 Å². The second-order valence-electron chi connectivity index (χ2n) is 4.39. The van der Waals surface area contributed by atoms with E-state index in [1.165, 1.54) is 24.3 Å². The third-order valence-corrected chi connectivity index (χ3v) is 4.95. The number of aromatic hydroxyl groups is 1. The molecule has 0 radical (unpaired) electrons. The maximum Gasteiger partial charge on any atom is 0.240 e. The Balaban J connectivity index is 2.01. The van der Waals surface area contributed by atoms with Crippen LogP contribution in [0.3, 0.4) is 0 Å². The van der Waals surface area contributed by atoms with E-state index in [2.05, 4.69) is 20.7 Å². The molecule has 4 nitrogen and oxygen atoms in total. The fourth-order valence-corrected chi connectivity index (χ4v) is 3.01. The zero-order valence-corrected chi connectivity index (χ0v) is 13.3. The van der Waals surface area contributed by atoms with Crippen LogP contribution in [0.1, 0.15) is 5.56 Å². The highest BCUT2D eigenvalue weighted by Crippen LogP contribution is 2.19. The quantitative estimate of drug-likeness (QED) is 0.846. The molecule has 2 aromatic rings. The van der Waals surface area contributed by atoms with Crippen LogP contribution in [0.25, 0.3) is 0 Å². The molecule has 0 spiro atoms. The minimum Gasteiger partial charge on any atom is -0.508 e. The number of phenols is 1. The van der Waals surface area contributed by atoms with Crippen LogP contribution in [-0.4, -0.2) is 20.1 Å². The smallest absolute Gasteiger partial charge is 0.240 e. The molecule has 0 heterocycles. The van der Waals surface area contributed by atoms with E-state index in [0.717, 1.165) is 11.6 Å². The lowest BCUT2D eigenvalue weighted by molar-refractivity contribution is 0.475. The summed E-state index contributed by atoms with van der Waals surface area (Å²) in [7, 11) is -3.74. The first kappa shape index (κ1) is 15.9. The zero-order chi connectivity index (χ0) is 15.5. The molecule has 0 saturated heterocycles. The summed E-state index contributed by atoms with van der Waals surface area (Å²) >= 11 is 2.97. The van der Waals surface area contributed by atoms with Gasteiger partial charge in [0, 0.05) is 6.54 Å². The maximum absolute atomic E-state index is 13.4. The summed E-state index contributed by atoms with van der Waals surface area (Å²) in [6.07, 6.45) is 0.471. The van der Waals surface area contributed by atoms with Crippen molar-refractivity contribution in [3.63, 3.8) is 0 Å². The fourth-order valence-electron chi connectivity index (χ4n) is 1.72. The molecular weight excluding hydrogens is 361 g/mol. The number of halogens is 2. The average Bonchev–Trinajstić information content (AvgIpc) is 2.44. The Morgan fingerprint density at radius 3 is 2.43 bits per heavy atom. The third-order valence-electron chi connectivity index (χ3n) is 2.84. The molecule has 0 atom stereocenters. The SMILES string of the molecule is O=S(=O)(NCCc1ccc(O)cc1)c1ccc(Br)c(F)c1. The number of phenolic OH excluding ortho intramolecular Hbond substituents is 1. The van der Waals surface area contributed by atoms with Crippen LogP contribution in [0.15, 0.2) is 51.8 Å². The summed E-state index contributed by atoms with van der Waals surface area (Å²) in [4.78, 5) is -0.117. The molecule has 21 heavy (non-hydrogen) atoms. The standard InChI is InChI=1S/C14H13BrFNO3S/c15-13-6-5-12(9-14(13)16)21(19,20)17-8-7-10-1-3-11(18)4-2-10/h1-6,9,17-18H,7-8H2. The molecule has 112 valence electrons. The van der Waals surface area contributed by atoms with Gasteiger partial charge in [-0.25, -0.2) is 17.5 Å². The molecule has 0 unspecified atom stereocenters. The van der Waals surface area contributed by atoms with Gasteiger partial charge in [-0.3, -0.25) is 0 Å². The first-order chi connectivity index (χ1) is 9.88. The van der Waals surface area contributed by atoms with Crippen molar-refractivity contribution < 1.29 is 17.9 Å². The summed E-state index contributed by atoms with van der Waals surface area (Å²) in [5, 5.41) is 9.16. The molecule has 2 N–H and O–H groups in total. The Labute approximate surface area is 130 Å². The van der Waals surface area contributed by atoms with E-state index >= 15 is 0 Å². The van der Waals surface area contributed by atoms with Crippen LogP contribution in [-0.2, 0) is 16.4 Å². The molecule has 2 aromatic carbocycles. The van der Waals surface area contributed by atoms with Crippen LogP contribution < -0.4 is 4.72 Å². The van der Waals surface area contributed by atoms with Gasteiger partial charge < -0.3 is 5.11 Å². The number of hydrogen-bond acceptors (Lipinski definition) is 3. The van der Waals surface area contributed by atoms with E-state index in [4.69, 9.17) is 5.11 Å². The van der Waals surface area contributed by atoms with E-state index in [0.29, 0.717) is 6.42 Å². The Kier molecular flexibility index (Phi) is 4.97. The monoisotopic (exact) mass is 373 g/mol. The lowest BCUT2D eigenvalue weighted by atomic mass is 10.1. The maximum atomic E-state index is 13.4. The molecule has 0 saturated carbocycles. The molecule has 0 aliphatic carbocycles. The first-order valence-electron chi connectivity index (χ1n) is 6.11. The zero-order valence-electron chi connectivity index (χ0n) is 10.9. The molecule has 0 amide bonds. The molecule has 0 fully saturated rings. The van der Waals surface area contributed by atoms with Crippen molar-refractivity contribution in [3.8, 4) is 5.75 Å². The Morgan fingerprint density at radius 1 is 1.14 bits per heavy atom. The van der Waals surface area contributed by atoms with Crippen molar-refractivity contribution in [2.24, 2.45) is 0 Å². The van der Waals surface area contributed by atoms with E-state index in [1.54, 1.807) is 12.1 Å². The molecule has 0 aromatic heterocycles. The van der Waals surface area contributed by atoms with Gasteiger partial charge in [0.05, 0.1) is 9.37 Å². The van der Waals surface area contributed by atoms with Gasteiger partial charge in [0.15, 0.2) is 0 Å². The van der Waals surface area contributed by atoms with Crippen LogP contribution in [0.5, 0.6) is 5.75 Å². The van der Waals surface area contributed by atoms with Gasteiger partial charge in [0.1, 0.15) is 11.6 Å². The fraction of sp³-hybridized carbons (Fsp3) is 0.143.